The van der Waals surface area contributed by atoms with Crippen molar-refractivity contribution in [2.24, 2.45) is 5.92 Å². The molecule has 1 N–H and O–H groups in total. The summed E-state index contributed by atoms with van der Waals surface area (Å²) in [6.45, 7) is 8.69. The van der Waals surface area contributed by atoms with Gasteiger partial charge in [0.05, 0.1) is 6.10 Å². The highest BCUT2D eigenvalue weighted by atomic mass is 16.5. The van der Waals surface area contributed by atoms with Gasteiger partial charge >= 0.3 is 0 Å². The average molecular weight is 275 g/mol. The maximum Gasteiger partial charge on any atom is 0.0594 e. The van der Waals surface area contributed by atoms with Crippen LogP contribution in [0.2, 0.25) is 0 Å². The van der Waals surface area contributed by atoms with Gasteiger partial charge in [-0.1, -0.05) is 45.0 Å². The molecule has 0 amide bonds. The van der Waals surface area contributed by atoms with Crippen molar-refractivity contribution >= 4 is 0 Å². The van der Waals surface area contributed by atoms with Crippen LogP contribution in [0.3, 0.4) is 0 Å². The second kappa shape index (κ2) is 7.80. The van der Waals surface area contributed by atoms with Crippen LogP contribution >= 0.6 is 0 Å². The minimum Gasteiger partial charge on any atom is -0.378 e. The normalized spacial score (nSPS) is 20.5. The van der Waals surface area contributed by atoms with Crippen molar-refractivity contribution in [1.82, 2.24) is 5.32 Å². The van der Waals surface area contributed by atoms with E-state index in [0.29, 0.717) is 18.1 Å². The average Bonchev–Trinajstić information content (AvgIpc) is 2.91. The zero-order valence-electron chi connectivity index (χ0n) is 13.2. The largest absolute Gasteiger partial charge is 0.378 e. The fraction of sp³-hybridized carbons (Fsp3) is 0.667. The van der Waals surface area contributed by atoms with E-state index in [-0.39, 0.29) is 0 Å². The van der Waals surface area contributed by atoms with E-state index in [1.165, 1.54) is 24.0 Å². The van der Waals surface area contributed by atoms with E-state index in [1.54, 1.807) is 0 Å². The molecule has 0 saturated carbocycles. The van der Waals surface area contributed by atoms with Crippen molar-refractivity contribution in [3.05, 3.63) is 35.4 Å². The molecule has 1 saturated heterocycles. The van der Waals surface area contributed by atoms with Gasteiger partial charge in [0.25, 0.3) is 0 Å². The number of ether oxygens (including phenoxy) is 1. The molecule has 0 aliphatic carbocycles. The first-order valence-electron chi connectivity index (χ1n) is 8.13. The summed E-state index contributed by atoms with van der Waals surface area (Å²) < 4.78 is 5.81. The Balaban J connectivity index is 2.06. The molecule has 2 heteroatoms. The Hall–Kier alpha value is -0.860. The number of nitrogens with one attached hydrogen (secondary N) is 1. The smallest absolute Gasteiger partial charge is 0.0594 e. The lowest BCUT2D eigenvalue weighted by atomic mass is 9.95. The maximum atomic E-state index is 5.81. The van der Waals surface area contributed by atoms with Crippen molar-refractivity contribution in [3.63, 3.8) is 0 Å². The van der Waals surface area contributed by atoms with E-state index in [2.05, 4.69) is 50.4 Å². The summed E-state index contributed by atoms with van der Waals surface area (Å²) in [7, 11) is 0. The molecule has 2 atom stereocenters. The molecule has 2 rings (SSSR count). The number of benzene rings is 1. The standard InChI is InChI=1S/C18H29NO/c1-4-19-18(13-17-9-6-10-20-17)16-8-5-7-15(12-16)11-14(2)3/h5,7-8,12,14,17-19H,4,6,9-11,13H2,1-3H3. The Labute approximate surface area is 123 Å². The minimum absolute atomic E-state index is 0.426. The summed E-state index contributed by atoms with van der Waals surface area (Å²) in [5.41, 5.74) is 2.87. The van der Waals surface area contributed by atoms with Crippen LogP contribution in [0.15, 0.2) is 24.3 Å². The molecule has 0 radical (unpaired) electrons. The Morgan fingerprint density at radius 2 is 2.20 bits per heavy atom. The first-order valence-corrected chi connectivity index (χ1v) is 8.13. The van der Waals surface area contributed by atoms with Gasteiger partial charge in [-0.05, 0) is 49.3 Å². The summed E-state index contributed by atoms with van der Waals surface area (Å²) in [6.07, 6.45) is 5.13. The molecular formula is C18H29NO. The summed E-state index contributed by atoms with van der Waals surface area (Å²) in [4.78, 5) is 0. The molecule has 1 aromatic carbocycles. The van der Waals surface area contributed by atoms with Gasteiger partial charge in [0.1, 0.15) is 0 Å². The Morgan fingerprint density at radius 1 is 1.35 bits per heavy atom. The Bertz CT molecular complexity index is 396. The molecule has 20 heavy (non-hydrogen) atoms. The number of rotatable bonds is 7. The van der Waals surface area contributed by atoms with E-state index in [0.717, 1.165) is 26.0 Å². The number of hydrogen-bond acceptors (Lipinski definition) is 2. The van der Waals surface area contributed by atoms with Gasteiger partial charge in [0.2, 0.25) is 0 Å². The predicted molar refractivity (Wildman–Crippen MR) is 85.0 cm³/mol. The second-order valence-corrected chi connectivity index (χ2v) is 6.32. The molecule has 112 valence electrons. The van der Waals surface area contributed by atoms with Crippen LogP contribution in [-0.4, -0.2) is 19.3 Å². The van der Waals surface area contributed by atoms with E-state index in [9.17, 15) is 0 Å². The lowest BCUT2D eigenvalue weighted by molar-refractivity contribution is 0.0947. The Kier molecular flexibility index (Phi) is 6.06. The molecule has 1 heterocycles. The zero-order valence-corrected chi connectivity index (χ0v) is 13.2. The van der Waals surface area contributed by atoms with Crippen LogP contribution in [0.4, 0.5) is 0 Å². The molecule has 0 aromatic heterocycles. The number of hydrogen-bond donors (Lipinski definition) is 1. The van der Waals surface area contributed by atoms with E-state index >= 15 is 0 Å². The van der Waals surface area contributed by atoms with Crippen molar-refractivity contribution in [2.75, 3.05) is 13.2 Å². The van der Waals surface area contributed by atoms with Crippen molar-refractivity contribution in [1.29, 1.82) is 0 Å². The molecule has 0 bridgehead atoms. The van der Waals surface area contributed by atoms with Crippen molar-refractivity contribution in [3.8, 4) is 0 Å². The molecule has 0 spiro atoms. The highest BCUT2D eigenvalue weighted by Crippen LogP contribution is 2.26. The summed E-state index contributed by atoms with van der Waals surface area (Å²) in [5, 5.41) is 3.63. The quantitative estimate of drug-likeness (QED) is 0.808. The van der Waals surface area contributed by atoms with Gasteiger partial charge in [-0.2, -0.15) is 0 Å². The SMILES string of the molecule is CCNC(CC1CCCO1)c1cccc(CC(C)C)c1. The molecule has 1 aliphatic heterocycles. The monoisotopic (exact) mass is 275 g/mol. The van der Waals surface area contributed by atoms with Crippen LogP contribution in [0.25, 0.3) is 0 Å². The van der Waals surface area contributed by atoms with E-state index in [1.807, 2.05) is 0 Å². The van der Waals surface area contributed by atoms with Crippen LogP contribution in [0.5, 0.6) is 0 Å². The molecule has 2 unspecified atom stereocenters. The summed E-state index contributed by atoms with van der Waals surface area (Å²) in [5.74, 6) is 0.709. The first kappa shape index (κ1) is 15.5. The van der Waals surface area contributed by atoms with Gasteiger partial charge in [-0.25, -0.2) is 0 Å². The van der Waals surface area contributed by atoms with Crippen LogP contribution in [0.1, 0.15) is 57.2 Å². The molecular weight excluding hydrogens is 246 g/mol. The molecule has 1 aliphatic rings. The third-order valence-electron chi connectivity index (χ3n) is 3.97. The molecule has 1 fully saturated rings. The van der Waals surface area contributed by atoms with Gasteiger partial charge in [0, 0.05) is 12.6 Å². The molecule has 2 nitrogen and oxygen atoms in total. The second-order valence-electron chi connectivity index (χ2n) is 6.32. The van der Waals surface area contributed by atoms with Crippen molar-refractivity contribution < 1.29 is 4.74 Å². The minimum atomic E-state index is 0.426. The lowest BCUT2D eigenvalue weighted by Crippen LogP contribution is -2.25. The van der Waals surface area contributed by atoms with Gasteiger partial charge in [-0.15, -0.1) is 0 Å². The predicted octanol–water partition coefficient (Wildman–Crippen LogP) is 4.10. The first-order chi connectivity index (χ1) is 9.69. The third-order valence-corrected chi connectivity index (χ3v) is 3.97. The van der Waals surface area contributed by atoms with E-state index in [4.69, 9.17) is 4.74 Å². The van der Waals surface area contributed by atoms with E-state index < -0.39 is 0 Å². The van der Waals surface area contributed by atoms with Crippen LogP contribution in [0, 0.1) is 5.92 Å². The van der Waals surface area contributed by atoms with Crippen LogP contribution < -0.4 is 5.32 Å². The van der Waals surface area contributed by atoms with Gasteiger partial charge in [0.15, 0.2) is 0 Å². The lowest BCUT2D eigenvalue weighted by Gasteiger charge is -2.22. The zero-order chi connectivity index (χ0) is 14.4. The summed E-state index contributed by atoms with van der Waals surface area (Å²) >= 11 is 0. The van der Waals surface area contributed by atoms with Gasteiger partial charge < -0.3 is 10.1 Å². The maximum absolute atomic E-state index is 5.81. The highest BCUT2D eigenvalue weighted by molar-refractivity contribution is 5.26. The highest BCUT2D eigenvalue weighted by Gasteiger charge is 2.21. The fourth-order valence-corrected chi connectivity index (χ4v) is 3.09. The summed E-state index contributed by atoms with van der Waals surface area (Å²) in [6, 6.07) is 9.51. The van der Waals surface area contributed by atoms with Crippen molar-refractivity contribution in [2.45, 2.75) is 58.6 Å². The Morgan fingerprint density at radius 3 is 2.85 bits per heavy atom. The third kappa shape index (κ3) is 4.60. The van der Waals surface area contributed by atoms with Gasteiger partial charge in [-0.3, -0.25) is 0 Å². The molecule has 1 aromatic rings. The topological polar surface area (TPSA) is 21.3 Å². The van der Waals surface area contributed by atoms with Crippen LogP contribution in [-0.2, 0) is 11.2 Å². The fourth-order valence-electron chi connectivity index (χ4n) is 3.09.